The summed E-state index contributed by atoms with van der Waals surface area (Å²) in [5, 5.41) is 17.1. The number of nitrogens with one attached hydrogen (secondary N) is 1. The number of benzene rings is 1. The van der Waals surface area contributed by atoms with Gasteiger partial charge in [-0.2, -0.15) is 0 Å². The number of carboxylic acids is 1. The molecule has 14 heteroatoms. The summed E-state index contributed by atoms with van der Waals surface area (Å²) in [6, 6.07) is 3.27. The van der Waals surface area contributed by atoms with Crippen molar-refractivity contribution in [2.24, 2.45) is 11.1 Å². The number of Topliss-reactive ketones (excluding diaryl/α,β-unsaturated/α-hetero) is 1. The SMILES string of the molecule is [B]OC(=O)[C@H](CO/N=C(\C(=O)O)c1csc(NC(=O)OC(C)(C)C)n1)CC(=O)c1ccc(C)c(C)c1Cl. The number of rotatable bonds is 10. The number of amides is 1. The fourth-order valence-electron chi connectivity index (χ4n) is 2.86. The van der Waals surface area contributed by atoms with Crippen molar-refractivity contribution in [2.75, 3.05) is 11.9 Å². The molecule has 2 radical (unpaired) electrons. The van der Waals surface area contributed by atoms with E-state index in [0.717, 1.165) is 22.5 Å². The molecule has 0 aliphatic carbocycles. The van der Waals surface area contributed by atoms with Crippen molar-refractivity contribution in [1.29, 1.82) is 0 Å². The third-order valence-corrected chi connectivity index (χ3v) is 6.07. The fourth-order valence-corrected chi connectivity index (χ4v) is 3.85. The molecule has 0 saturated carbocycles. The first-order chi connectivity index (χ1) is 17.2. The zero-order valence-corrected chi connectivity index (χ0v) is 22.4. The maximum absolute atomic E-state index is 12.8. The number of aliphatic carboxylic acids is 1. The Morgan fingerprint density at radius 1 is 1.24 bits per heavy atom. The van der Waals surface area contributed by atoms with Crippen LogP contribution in [0.5, 0.6) is 0 Å². The third-order valence-electron chi connectivity index (χ3n) is 4.83. The molecule has 196 valence electrons. The van der Waals surface area contributed by atoms with Crippen LogP contribution in [0.3, 0.4) is 0 Å². The molecule has 37 heavy (non-hydrogen) atoms. The Morgan fingerprint density at radius 2 is 1.92 bits per heavy atom. The van der Waals surface area contributed by atoms with Crippen molar-refractivity contribution in [1.82, 2.24) is 4.98 Å². The molecule has 2 aromatic rings. The number of carbonyl (C=O) groups excluding carboxylic acids is 3. The van der Waals surface area contributed by atoms with E-state index in [1.165, 1.54) is 5.38 Å². The Bertz CT molecular complexity index is 1230. The quantitative estimate of drug-likeness (QED) is 0.193. The molecule has 1 heterocycles. The number of carbonyl (C=O) groups is 4. The predicted molar refractivity (Wildman–Crippen MR) is 137 cm³/mol. The van der Waals surface area contributed by atoms with E-state index < -0.39 is 47.7 Å². The zero-order valence-electron chi connectivity index (χ0n) is 20.8. The van der Waals surface area contributed by atoms with Crippen LogP contribution < -0.4 is 5.32 Å². The number of aryl methyl sites for hydroxylation is 1. The van der Waals surface area contributed by atoms with E-state index in [-0.39, 0.29) is 27.8 Å². The minimum Gasteiger partial charge on any atom is -0.543 e. The van der Waals surface area contributed by atoms with Crippen molar-refractivity contribution < 1.29 is 38.5 Å². The first kappa shape index (κ1) is 29.8. The van der Waals surface area contributed by atoms with Crippen LogP contribution in [0.1, 0.15) is 54.4 Å². The summed E-state index contributed by atoms with van der Waals surface area (Å²) >= 11 is 7.22. The fraction of sp³-hybridized carbons (Fsp3) is 0.391. The molecule has 2 rings (SSSR count). The molecular weight excluding hydrogens is 525 g/mol. The second kappa shape index (κ2) is 12.7. The number of ether oxygens (including phenoxy) is 1. The van der Waals surface area contributed by atoms with Crippen LogP contribution in [0.15, 0.2) is 22.7 Å². The van der Waals surface area contributed by atoms with E-state index in [9.17, 15) is 24.3 Å². The van der Waals surface area contributed by atoms with Gasteiger partial charge in [-0.15, -0.1) is 11.3 Å². The molecular formula is C23H25BClN3O8S. The van der Waals surface area contributed by atoms with Gasteiger partial charge in [-0.3, -0.25) is 14.9 Å². The average molecular weight is 550 g/mol. The highest BCUT2D eigenvalue weighted by molar-refractivity contribution is 7.14. The van der Waals surface area contributed by atoms with Gasteiger partial charge >= 0.3 is 20.1 Å². The molecule has 2 N–H and O–H groups in total. The lowest BCUT2D eigenvalue weighted by molar-refractivity contribution is -0.140. The van der Waals surface area contributed by atoms with Crippen LogP contribution in [0.2, 0.25) is 5.02 Å². The minimum atomic E-state index is -1.48. The summed E-state index contributed by atoms with van der Waals surface area (Å²) in [4.78, 5) is 57.6. The molecule has 0 aliphatic rings. The highest BCUT2D eigenvalue weighted by Gasteiger charge is 2.27. The van der Waals surface area contributed by atoms with Gasteiger partial charge in [-0.25, -0.2) is 14.6 Å². The zero-order chi connectivity index (χ0) is 27.9. The van der Waals surface area contributed by atoms with E-state index in [0.29, 0.717) is 0 Å². The van der Waals surface area contributed by atoms with Crippen molar-refractivity contribution in [3.63, 3.8) is 0 Å². The molecule has 1 aromatic carbocycles. The van der Waals surface area contributed by atoms with E-state index in [4.69, 9.17) is 29.2 Å². The molecule has 0 fully saturated rings. The van der Waals surface area contributed by atoms with Crippen LogP contribution in [0.25, 0.3) is 0 Å². The number of oxime groups is 1. The molecule has 0 aliphatic heterocycles. The normalized spacial score (nSPS) is 12.4. The van der Waals surface area contributed by atoms with E-state index in [1.54, 1.807) is 39.8 Å². The van der Waals surface area contributed by atoms with Crippen molar-refractivity contribution in [3.05, 3.63) is 44.9 Å². The largest absolute Gasteiger partial charge is 0.543 e. The van der Waals surface area contributed by atoms with Gasteiger partial charge in [-0.1, -0.05) is 22.8 Å². The average Bonchev–Trinajstić information content (AvgIpc) is 3.24. The van der Waals surface area contributed by atoms with Crippen LogP contribution >= 0.6 is 22.9 Å². The molecule has 0 saturated heterocycles. The molecule has 1 atom stereocenters. The molecule has 1 aromatic heterocycles. The maximum atomic E-state index is 12.8. The second-order valence-corrected chi connectivity index (χ2v) is 10.1. The van der Waals surface area contributed by atoms with Gasteiger partial charge in [-0.05, 0) is 51.8 Å². The number of nitrogens with zero attached hydrogens (tertiary/aromatic N) is 2. The number of halogens is 1. The Hall–Kier alpha value is -3.45. The van der Waals surface area contributed by atoms with Crippen LogP contribution in [-0.2, 0) is 23.8 Å². The lowest BCUT2D eigenvalue weighted by Gasteiger charge is -2.18. The Balaban J connectivity index is 2.14. The van der Waals surface area contributed by atoms with Crippen LogP contribution in [0.4, 0.5) is 9.93 Å². The summed E-state index contributed by atoms with van der Waals surface area (Å²) in [6.45, 7) is 8.14. The highest BCUT2D eigenvalue weighted by atomic mass is 35.5. The Labute approximate surface area is 223 Å². The molecule has 1 amide bonds. The van der Waals surface area contributed by atoms with Gasteiger partial charge in [0, 0.05) is 17.4 Å². The number of thiazole rings is 1. The molecule has 0 unspecified atom stereocenters. The van der Waals surface area contributed by atoms with Crippen molar-refractivity contribution in [2.45, 2.75) is 46.6 Å². The number of hydrogen-bond acceptors (Lipinski definition) is 10. The molecule has 11 nitrogen and oxygen atoms in total. The van der Waals surface area contributed by atoms with E-state index in [2.05, 4.69) is 20.1 Å². The number of hydrogen-bond donors (Lipinski definition) is 2. The van der Waals surface area contributed by atoms with Gasteiger partial charge in [0.15, 0.2) is 10.9 Å². The van der Waals surface area contributed by atoms with E-state index in [1.807, 2.05) is 6.92 Å². The second-order valence-electron chi connectivity index (χ2n) is 8.84. The summed E-state index contributed by atoms with van der Waals surface area (Å²) in [5.41, 5.74) is 0.377. The van der Waals surface area contributed by atoms with Crippen LogP contribution in [0, 0.1) is 19.8 Å². The van der Waals surface area contributed by atoms with Crippen molar-refractivity contribution >= 4 is 65.6 Å². The maximum Gasteiger partial charge on any atom is 0.413 e. The smallest absolute Gasteiger partial charge is 0.413 e. The molecule has 0 bridgehead atoms. The van der Waals surface area contributed by atoms with E-state index >= 15 is 0 Å². The van der Waals surface area contributed by atoms with Gasteiger partial charge < -0.3 is 19.3 Å². The number of carboxylic acid groups (broad SMARTS) is 1. The minimum absolute atomic E-state index is 0.0682. The Kier molecular flexibility index (Phi) is 10.2. The van der Waals surface area contributed by atoms with Gasteiger partial charge in [0.25, 0.3) is 5.97 Å². The van der Waals surface area contributed by atoms with Gasteiger partial charge in [0.05, 0.1) is 10.9 Å². The summed E-state index contributed by atoms with van der Waals surface area (Å²) in [5.74, 6) is -4.11. The summed E-state index contributed by atoms with van der Waals surface area (Å²) in [6.07, 6.45) is -1.15. The number of ketones is 1. The van der Waals surface area contributed by atoms with Crippen molar-refractivity contribution in [3.8, 4) is 0 Å². The third kappa shape index (κ3) is 8.57. The first-order valence-electron chi connectivity index (χ1n) is 10.8. The number of anilines is 1. The number of aromatic nitrogens is 1. The highest BCUT2D eigenvalue weighted by Crippen LogP contribution is 2.26. The topological polar surface area (TPSA) is 153 Å². The summed E-state index contributed by atoms with van der Waals surface area (Å²) < 4.78 is 9.38. The van der Waals surface area contributed by atoms with Crippen LogP contribution in [-0.4, -0.2) is 59.9 Å². The lowest BCUT2D eigenvalue weighted by Crippen LogP contribution is -2.27. The standard InChI is InChI=1S/C23H25BClN3O8S/c1-11-6-7-14(17(25)12(11)2)16(29)8-13(20(32)36-24)9-34-28-18(19(30)31)15-10-37-21(26-15)27-22(33)35-23(3,4)5/h6-7,10,13H,8-9H2,1-5H3,(H,30,31)(H,26,27,33)/b28-18-/t13-/m0/s1. The molecule has 0 spiro atoms. The lowest BCUT2D eigenvalue weighted by atomic mass is 9.96. The first-order valence-corrected chi connectivity index (χ1v) is 12.1. The predicted octanol–water partition coefficient (Wildman–Crippen LogP) is 4.08. The van der Waals surface area contributed by atoms with Gasteiger partial charge in [0.1, 0.15) is 17.9 Å². The monoisotopic (exact) mass is 549 g/mol. The van der Waals surface area contributed by atoms with Gasteiger partial charge in [0.2, 0.25) is 5.71 Å². The Morgan fingerprint density at radius 3 is 2.51 bits per heavy atom. The summed E-state index contributed by atoms with van der Waals surface area (Å²) in [7, 11) is 4.99.